The van der Waals surface area contributed by atoms with Crippen LogP contribution in [-0.4, -0.2) is 40.1 Å². The highest BCUT2D eigenvalue weighted by Gasteiger charge is 2.42. The second kappa shape index (κ2) is 7.62. The van der Waals surface area contributed by atoms with Crippen LogP contribution in [0.4, 0.5) is 0 Å². The maximum absolute atomic E-state index is 13.1. The number of carbonyl (C=O) groups is 1. The molecule has 0 aromatic carbocycles. The number of amides is 1. The Kier molecular flexibility index (Phi) is 5.68. The topological polar surface area (TPSA) is 85.2 Å². The molecule has 1 aromatic rings. The van der Waals surface area contributed by atoms with E-state index in [4.69, 9.17) is 10.3 Å². The summed E-state index contributed by atoms with van der Waals surface area (Å²) < 4.78 is 5.34. The first-order valence-corrected chi connectivity index (χ1v) is 9.46. The molecule has 3 fully saturated rings. The van der Waals surface area contributed by atoms with Gasteiger partial charge in [-0.25, -0.2) is 0 Å². The predicted octanol–water partition coefficient (Wildman–Crippen LogP) is 2.66. The Morgan fingerprint density at radius 3 is 2.56 bits per heavy atom. The van der Waals surface area contributed by atoms with E-state index in [1.54, 1.807) is 0 Å². The van der Waals surface area contributed by atoms with E-state index in [9.17, 15) is 4.79 Å². The zero-order valence-corrected chi connectivity index (χ0v) is 15.7. The van der Waals surface area contributed by atoms with Gasteiger partial charge in [0.2, 0.25) is 11.8 Å². The van der Waals surface area contributed by atoms with Crippen LogP contribution in [-0.2, 0) is 4.79 Å². The van der Waals surface area contributed by atoms with Crippen LogP contribution in [0.5, 0.6) is 0 Å². The lowest BCUT2D eigenvalue weighted by Crippen LogP contribution is -2.50. The molecule has 7 heteroatoms. The summed E-state index contributed by atoms with van der Waals surface area (Å²) >= 11 is 0. The molecular weight excluding hydrogens is 340 g/mol. The Balaban J connectivity index is 0.00000182. The first kappa shape index (κ1) is 18.6. The number of hydrogen-bond donors (Lipinski definition) is 1. The van der Waals surface area contributed by atoms with Gasteiger partial charge in [0.05, 0.1) is 5.92 Å². The number of aryl methyl sites for hydroxylation is 1. The highest BCUT2D eigenvalue weighted by molar-refractivity contribution is 5.85. The minimum Gasteiger partial charge on any atom is -0.342 e. The highest BCUT2D eigenvalue weighted by Crippen LogP contribution is 2.42. The van der Waals surface area contributed by atoms with Gasteiger partial charge in [0.25, 0.3) is 0 Å². The number of piperidine rings is 1. The summed E-state index contributed by atoms with van der Waals surface area (Å²) in [6.07, 6.45) is 7.68. The van der Waals surface area contributed by atoms with Crippen molar-refractivity contribution in [1.82, 2.24) is 15.0 Å². The van der Waals surface area contributed by atoms with Gasteiger partial charge in [-0.15, -0.1) is 12.4 Å². The summed E-state index contributed by atoms with van der Waals surface area (Å²) in [7, 11) is 0. The molecule has 2 bridgehead atoms. The maximum Gasteiger partial charge on any atom is 0.231 e. The summed E-state index contributed by atoms with van der Waals surface area (Å²) in [6.45, 7) is 3.42. The van der Waals surface area contributed by atoms with Crippen molar-refractivity contribution in [2.75, 3.05) is 13.1 Å². The van der Waals surface area contributed by atoms with Gasteiger partial charge in [-0.2, -0.15) is 4.98 Å². The van der Waals surface area contributed by atoms with Crippen LogP contribution in [0.25, 0.3) is 0 Å². The Morgan fingerprint density at radius 1 is 1.20 bits per heavy atom. The van der Waals surface area contributed by atoms with Gasteiger partial charge in [-0.3, -0.25) is 4.79 Å². The van der Waals surface area contributed by atoms with Gasteiger partial charge >= 0.3 is 0 Å². The zero-order chi connectivity index (χ0) is 16.7. The number of aromatic nitrogens is 2. The van der Waals surface area contributed by atoms with Crippen LogP contribution in [0, 0.1) is 24.7 Å². The minimum absolute atomic E-state index is 0. The monoisotopic (exact) mass is 368 g/mol. The molecule has 6 nitrogen and oxygen atoms in total. The molecule has 1 amide bonds. The van der Waals surface area contributed by atoms with Crippen LogP contribution in [0.1, 0.15) is 62.6 Å². The molecule has 2 N–H and O–H groups in total. The summed E-state index contributed by atoms with van der Waals surface area (Å²) in [4.78, 5) is 19.5. The molecule has 140 valence electrons. The Morgan fingerprint density at radius 2 is 1.92 bits per heavy atom. The van der Waals surface area contributed by atoms with Crippen LogP contribution >= 0.6 is 12.4 Å². The second-order valence-corrected chi connectivity index (χ2v) is 8.00. The van der Waals surface area contributed by atoms with Crippen molar-refractivity contribution in [1.29, 1.82) is 0 Å². The summed E-state index contributed by atoms with van der Waals surface area (Å²) in [5.74, 6) is 3.14. The third-order valence-electron chi connectivity index (χ3n) is 6.39. The molecule has 1 saturated heterocycles. The van der Waals surface area contributed by atoms with E-state index in [0.29, 0.717) is 35.5 Å². The number of fused-ring (bicyclic) bond motifs is 2. The van der Waals surface area contributed by atoms with Crippen molar-refractivity contribution in [3.8, 4) is 0 Å². The average molecular weight is 369 g/mol. The molecule has 2 saturated carbocycles. The molecule has 2 heterocycles. The van der Waals surface area contributed by atoms with Crippen LogP contribution in [0.2, 0.25) is 0 Å². The van der Waals surface area contributed by atoms with E-state index in [1.165, 1.54) is 19.3 Å². The number of rotatable bonds is 2. The molecular formula is C18H29ClN4O2. The second-order valence-electron chi connectivity index (χ2n) is 8.00. The van der Waals surface area contributed by atoms with Crippen molar-refractivity contribution in [2.24, 2.45) is 23.5 Å². The fourth-order valence-corrected chi connectivity index (χ4v) is 5.11. The van der Waals surface area contributed by atoms with E-state index in [0.717, 1.165) is 38.8 Å². The fourth-order valence-electron chi connectivity index (χ4n) is 5.11. The van der Waals surface area contributed by atoms with Crippen molar-refractivity contribution >= 4 is 18.3 Å². The van der Waals surface area contributed by atoms with E-state index in [-0.39, 0.29) is 24.2 Å². The normalized spacial score (nSPS) is 35.1. The Labute approximate surface area is 155 Å². The van der Waals surface area contributed by atoms with Gasteiger partial charge in [0.1, 0.15) is 0 Å². The minimum atomic E-state index is 0. The smallest absolute Gasteiger partial charge is 0.231 e. The van der Waals surface area contributed by atoms with Gasteiger partial charge in [-0.1, -0.05) is 11.6 Å². The molecule has 3 unspecified atom stereocenters. The van der Waals surface area contributed by atoms with Gasteiger partial charge in [0.15, 0.2) is 5.82 Å². The first-order chi connectivity index (χ1) is 11.6. The SMILES string of the molecule is Cc1noc(C2CCCN(C(=O)C3CC4CCCC(C3)C4N)C2)n1.Cl. The number of nitrogens with zero attached hydrogens (tertiary/aromatic N) is 3. The number of hydrogen-bond acceptors (Lipinski definition) is 5. The van der Waals surface area contributed by atoms with Crippen LogP contribution in [0.3, 0.4) is 0 Å². The van der Waals surface area contributed by atoms with E-state index in [2.05, 4.69) is 10.1 Å². The largest absolute Gasteiger partial charge is 0.342 e. The van der Waals surface area contributed by atoms with E-state index < -0.39 is 0 Å². The molecule has 4 rings (SSSR count). The highest BCUT2D eigenvalue weighted by atomic mass is 35.5. The molecule has 2 aliphatic carbocycles. The molecule has 1 aromatic heterocycles. The van der Waals surface area contributed by atoms with E-state index >= 15 is 0 Å². The molecule has 25 heavy (non-hydrogen) atoms. The molecule has 0 spiro atoms. The molecule has 3 atom stereocenters. The number of carbonyl (C=O) groups excluding carboxylic acids is 1. The van der Waals surface area contributed by atoms with Gasteiger partial charge in [0, 0.05) is 25.0 Å². The van der Waals surface area contributed by atoms with Crippen LogP contribution in [0.15, 0.2) is 4.52 Å². The van der Waals surface area contributed by atoms with Crippen molar-refractivity contribution in [3.63, 3.8) is 0 Å². The lowest BCUT2D eigenvalue weighted by molar-refractivity contribution is -0.140. The van der Waals surface area contributed by atoms with Crippen molar-refractivity contribution < 1.29 is 9.32 Å². The van der Waals surface area contributed by atoms with Crippen LogP contribution < -0.4 is 5.73 Å². The van der Waals surface area contributed by atoms with Crippen molar-refractivity contribution in [3.05, 3.63) is 11.7 Å². The average Bonchev–Trinajstić information content (AvgIpc) is 3.01. The lowest BCUT2D eigenvalue weighted by Gasteiger charge is -2.45. The summed E-state index contributed by atoms with van der Waals surface area (Å²) in [5, 5.41) is 3.89. The van der Waals surface area contributed by atoms with Gasteiger partial charge < -0.3 is 15.2 Å². The standard InChI is InChI=1S/C18H28N4O2.ClH/c1-11-20-17(24-21-11)14-6-3-7-22(10-14)18(23)15-8-12-4-2-5-13(9-15)16(12)19;/h12-16H,2-10,19H2,1H3;1H. The number of nitrogens with two attached hydrogens (primary N) is 1. The maximum atomic E-state index is 13.1. The first-order valence-electron chi connectivity index (χ1n) is 9.46. The number of likely N-dealkylation sites (tertiary alicyclic amines) is 1. The number of halogens is 1. The Hall–Kier alpha value is -1.14. The molecule has 3 aliphatic rings. The molecule has 0 radical (unpaired) electrons. The Bertz CT molecular complexity index is 594. The third kappa shape index (κ3) is 3.70. The fraction of sp³-hybridized carbons (Fsp3) is 0.833. The van der Waals surface area contributed by atoms with Crippen molar-refractivity contribution in [2.45, 2.75) is 63.8 Å². The van der Waals surface area contributed by atoms with E-state index in [1.807, 2.05) is 11.8 Å². The van der Waals surface area contributed by atoms with Gasteiger partial charge in [-0.05, 0) is 57.3 Å². The quantitative estimate of drug-likeness (QED) is 0.867. The molecule has 1 aliphatic heterocycles. The predicted molar refractivity (Wildman–Crippen MR) is 96.4 cm³/mol. The zero-order valence-electron chi connectivity index (χ0n) is 14.9. The lowest BCUT2D eigenvalue weighted by atomic mass is 9.65. The third-order valence-corrected chi connectivity index (χ3v) is 6.39. The summed E-state index contributed by atoms with van der Waals surface area (Å²) in [6, 6.07) is 0.318. The summed E-state index contributed by atoms with van der Waals surface area (Å²) in [5.41, 5.74) is 6.37.